The fourth-order valence-corrected chi connectivity index (χ4v) is 2.49. The van der Waals surface area contributed by atoms with Gasteiger partial charge in [-0.2, -0.15) is 0 Å². The molecule has 2 aromatic rings. The van der Waals surface area contributed by atoms with Crippen molar-refractivity contribution in [3.05, 3.63) is 84.4 Å². The molecule has 1 aliphatic rings. The monoisotopic (exact) mass is 310 g/mol. The summed E-state index contributed by atoms with van der Waals surface area (Å²) in [7, 11) is 0. The zero-order valence-corrected chi connectivity index (χ0v) is 13.1. The Balaban J connectivity index is 1.58. The van der Waals surface area contributed by atoms with Crippen LogP contribution in [0.5, 0.6) is 0 Å². The van der Waals surface area contributed by atoms with Gasteiger partial charge in [0.15, 0.2) is 0 Å². The Bertz CT molecular complexity index is 593. The molecule has 0 amide bonds. The van der Waals surface area contributed by atoms with E-state index < -0.39 is 0 Å². The van der Waals surface area contributed by atoms with E-state index in [1.54, 1.807) is 6.08 Å². The number of ether oxygens (including phenoxy) is 3. The van der Waals surface area contributed by atoms with Crippen LogP contribution in [0.2, 0.25) is 0 Å². The summed E-state index contributed by atoms with van der Waals surface area (Å²) in [6.45, 7) is 5.70. The van der Waals surface area contributed by atoms with Crippen LogP contribution >= 0.6 is 0 Å². The van der Waals surface area contributed by atoms with Crippen molar-refractivity contribution >= 4 is 0 Å². The molecule has 1 saturated heterocycles. The summed E-state index contributed by atoms with van der Waals surface area (Å²) < 4.78 is 17.5. The maximum absolute atomic E-state index is 6.07. The molecule has 3 rings (SSSR count). The third-order valence-corrected chi connectivity index (χ3v) is 3.85. The molecule has 3 heteroatoms. The molecule has 3 atom stereocenters. The van der Waals surface area contributed by atoms with Gasteiger partial charge in [0.05, 0.1) is 19.8 Å². The van der Waals surface area contributed by atoms with E-state index in [2.05, 4.69) is 18.7 Å². The molecule has 0 unspecified atom stereocenters. The van der Waals surface area contributed by atoms with Crippen LogP contribution in [0, 0.1) is 0 Å². The second kappa shape index (κ2) is 8.06. The standard InChI is InChI=1S/C20H22O3/c1-2-18(21-13-16-9-5-3-6-10-16)20(19-15-22-19)23-14-17-11-7-4-8-12-17/h2-12,18-20H,1,13-15H2/t18-,19-,20+/m1/s1. The van der Waals surface area contributed by atoms with E-state index in [0.29, 0.717) is 13.2 Å². The van der Waals surface area contributed by atoms with Crippen LogP contribution in [0.25, 0.3) is 0 Å². The third kappa shape index (κ3) is 4.76. The molecule has 23 heavy (non-hydrogen) atoms. The molecule has 1 heterocycles. The lowest BCUT2D eigenvalue weighted by atomic mass is 10.1. The molecule has 0 radical (unpaired) electrons. The molecule has 1 aliphatic heterocycles. The van der Waals surface area contributed by atoms with Gasteiger partial charge >= 0.3 is 0 Å². The van der Waals surface area contributed by atoms with Crippen LogP contribution in [0.3, 0.4) is 0 Å². The topological polar surface area (TPSA) is 31.0 Å². The Labute approximate surface area is 137 Å². The minimum absolute atomic E-state index is 0.0949. The highest BCUT2D eigenvalue weighted by Gasteiger charge is 2.38. The van der Waals surface area contributed by atoms with Gasteiger partial charge in [0, 0.05) is 0 Å². The Morgan fingerprint density at radius 1 is 0.957 bits per heavy atom. The van der Waals surface area contributed by atoms with Gasteiger partial charge in [-0.1, -0.05) is 66.7 Å². The van der Waals surface area contributed by atoms with E-state index >= 15 is 0 Å². The molecule has 0 aliphatic carbocycles. The first-order chi connectivity index (χ1) is 11.4. The van der Waals surface area contributed by atoms with E-state index in [0.717, 1.165) is 17.7 Å². The van der Waals surface area contributed by atoms with Crippen LogP contribution < -0.4 is 0 Å². The average molecular weight is 310 g/mol. The Morgan fingerprint density at radius 2 is 1.48 bits per heavy atom. The highest BCUT2D eigenvalue weighted by molar-refractivity contribution is 5.14. The number of rotatable bonds is 9. The van der Waals surface area contributed by atoms with Gasteiger partial charge in [-0.15, -0.1) is 6.58 Å². The molecule has 2 aromatic carbocycles. The smallest absolute Gasteiger partial charge is 0.116 e. The number of epoxide rings is 1. The van der Waals surface area contributed by atoms with Crippen molar-refractivity contribution < 1.29 is 14.2 Å². The van der Waals surface area contributed by atoms with Gasteiger partial charge in [0.1, 0.15) is 18.3 Å². The number of hydrogen-bond acceptors (Lipinski definition) is 3. The van der Waals surface area contributed by atoms with Crippen molar-refractivity contribution in [2.45, 2.75) is 31.5 Å². The first kappa shape index (κ1) is 15.9. The Hall–Kier alpha value is -1.94. The van der Waals surface area contributed by atoms with E-state index in [1.165, 1.54) is 0 Å². The van der Waals surface area contributed by atoms with Crippen molar-refractivity contribution in [2.24, 2.45) is 0 Å². The van der Waals surface area contributed by atoms with E-state index in [4.69, 9.17) is 14.2 Å². The maximum Gasteiger partial charge on any atom is 0.116 e. The molecule has 0 saturated carbocycles. The van der Waals surface area contributed by atoms with Crippen LogP contribution in [0.1, 0.15) is 11.1 Å². The highest BCUT2D eigenvalue weighted by atomic mass is 16.6. The summed E-state index contributed by atoms with van der Waals surface area (Å²) in [5.41, 5.74) is 2.28. The van der Waals surface area contributed by atoms with Crippen LogP contribution in [-0.4, -0.2) is 24.9 Å². The highest BCUT2D eigenvalue weighted by Crippen LogP contribution is 2.24. The van der Waals surface area contributed by atoms with Crippen molar-refractivity contribution in [1.82, 2.24) is 0 Å². The average Bonchev–Trinajstić information content (AvgIpc) is 3.44. The molecule has 1 fully saturated rings. The zero-order chi connectivity index (χ0) is 15.9. The summed E-state index contributed by atoms with van der Waals surface area (Å²) in [4.78, 5) is 0. The molecule has 0 N–H and O–H groups in total. The van der Waals surface area contributed by atoms with Gasteiger partial charge in [0.2, 0.25) is 0 Å². The second-order valence-corrected chi connectivity index (χ2v) is 5.63. The molecule has 0 aromatic heterocycles. The quantitative estimate of drug-likeness (QED) is 0.522. The zero-order valence-electron chi connectivity index (χ0n) is 13.1. The largest absolute Gasteiger partial charge is 0.370 e. The summed E-state index contributed by atoms with van der Waals surface area (Å²) in [5.74, 6) is 0. The van der Waals surface area contributed by atoms with Crippen molar-refractivity contribution in [3.63, 3.8) is 0 Å². The predicted octanol–water partition coefficient (Wildman–Crippen LogP) is 3.74. The lowest BCUT2D eigenvalue weighted by Crippen LogP contribution is -2.34. The van der Waals surface area contributed by atoms with Crippen LogP contribution in [0.15, 0.2) is 73.3 Å². The minimum Gasteiger partial charge on any atom is -0.370 e. The van der Waals surface area contributed by atoms with Gasteiger partial charge < -0.3 is 14.2 Å². The summed E-state index contributed by atoms with van der Waals surface area (Å²) in [5, 5.41) is 0. The Kier molecular flexibility index (Phi) is 5.59. The lowest BCUT2D eigenvalue weighted by Gasteiger charge is -2.24. The lowest BCUT2D eigenvalue weighted by molar-refractivity contribution is -0.0748. The first-order valence-electron chi connectivity index (χ1n) is 7.92. The van der Waals surface area contributed by atoms with Gasteiger partial charge in [-0.25, -0.2) is 0 Å². The van der Waals surface area contributed by atoms with Crippen molar-refractivity contribution in [3.8, 4) is 0 Å². The predicted molar refractivity (Wildman–Crippen MR) is 90.0 cm³/mol. The van der Waals surface area contributed by atoms with Gasteiger partial charge in [-0.3, -0.25) is 0 Å². The van der Waals surface area contributed by atoms with Crippen LogP contribution in [-0.2, 0) is 27.4 Å². The maximum atomic E-state index is 6.07. The number of hydrogen-bond donors (Lipinski definition) is 0. The van der Waals surface area contributed by atoms with E-state index in [9.17, 15) is 0 Å². The second-order valence-electron chi connectivity index (χ2n) is 5.63. The molecule has 120 valence electrons. The van der Waals surface area contributed by atoms with E-state index in [-0.39, 0.29) is 18.3 Å². The van der Waals surface area contributed by atoms with Gasteiger partial charge in [0.25, 0.3) is 0 Å². The van der Waals surface area contributed by atoms with Crippen molar-refractivity contribution in [2.75, 3.05) is 6.61 Å². The molecular formula is C20H22O3. The summed E-state index contributed by atoms with van der Waals surface area (Å²) >= 11 is 0. The SMILES string of the molecule is C=C[C@@H](OCc1ccccc1)[C@H](OCc1ccccc1)[C@H]1CO1. The van der Waals surface area contributed by atoms with E-state index in [1.807, 2.05) is 48.5 Å². The fourth-order valence-electron chi connectivity index (χ4n) is 2.49. The fraction of sp³-hybridized carbons (Fsp3) is 0.300. The summed E-state index contributed by atoms with van der Waals surface area (Å²) in [6.07, 6.45) is 1.58. The summed E-state index contributed by atoms with van der Waals surface area (Å²) in [6, 6.07) is 20.2. The minimum atomic E-state index is -0.189. The molecule has 0 bridgehead atoms. The van der Waals surface area contributed by atoms with Crippen molar-refractivity contribution in [1.29, 1.82) is 0 Å². The third-order valence-electron chi connectivity index (χ3n) is 3.85. The molecular weight excluding hydrogens is 288 g/mol. The molecule has 0 spiro atoms. The number of benzene rings is 2. The van der Waals surface area contributed by atoms with Gasteiger partial charge in [-0.05, 0) is 11.1 Å². The Morgan fingerprint density at radius 3 is 1.96 bits per heavy atom. The van der Waals surface area contributed by atoms with Crippen LogP contribution in [0.4, 0.5) is 0 Å². The first-order valence-corrected chi connectivity index (χ1v) is 7.92. The normalized spacial score (nSPS) is 19.0. The molecule has 3 nitrogen and oxygen atoms in total.